The number of carbonyl (C=O) groups excluding carboxylic acids is 1. The van der Waals surface area contributed by atoms with Crippen LogP contribution in [-0.4, -0.2) is 56.9 Å². The molecule has 170 valence electrons. The van der Waals surface area contributed by atoms with E-state index in [1.807, 2.05) is 30.0 Å². The van der Waals surface area contributed by atoms with Gasteiger partial charge in [-0.2, -0.15) is 18.3 Å². The van der Waals surface area contributed by atoms with Crippen molar-refractivity contribution >= 4 is 22.6 Å². The zero-order chi connectivity index (χ0) is 23.2. The van der Waals surface area contributed by atoms with Gasteiger partial charge in [0.2, 0.25) is 5.91 Å². The van der Waals surface area contributed by atoms with Crippen molar-refractivity contribution in [3.05, 3.63) is 40.3 Å². The average molecular weight is 442 g/mol. The maximum absolute atomic E-state index is 12.8. The number of fused-ring (bicyclic) bond motifs is 1. The Balaban J connectivity index is 0.000000423. The van der Waals surface area contributed by atoms with E-state index in [2.05, 4.69) is 10.2 Å². The van der Waals surface area contributed by atoms with Crippen molar-refractivity contribution in [3.63, 3.8) is 0 Å². The Morgan fingerprint density at radius 1 is 1.19 bits per heavy atom. The van der Waals surface area contributed by atoms with Gasteiger partial charge in [-0.1, -0.05) is 18.2 Å². The standard InChI is InChI=1S/C18H24N4O2.C2HF3O2/c1-2-22(13-9-7-12(19)8-10-13)17(23)11-16-14-5-3-4-6-15(14)18(24)21-20-16;3-2(4,5)1(6)7/h3-6,12-13H,2,7-11,19H2,1H3,(H,21,24);(H,6,7). The lowest BCUT2D eigenvalue weighted by molar-refractivity contribution is -0.192. The fourth-order valence-corrected chi connectivity index (χ4v) is 3.60. The number of nitrogens with one attached hydrogen (secondary N) is 1. The number of hydrogen-bond acceptors (Lipinski definition) is 5. The molecule has 1 fully saturated rings. The van der Waals surface area contributed by atoms with Gasteiger partial charge < -0.3 is 15.7 Å². The number of rotatable bonds is 4. The van der Waals surface area contributed by atoms with Gasteiger partial charge >= 0.3 is 12.1 Å². The van der Waals surface area contributed by atoms with Gasteiger partial charge in [-0.15, -0.1) is 0 Å². The first-order chi connectivity index (χ1) is 14.5. The number of nitrogens with zero attached hydrogens (tertiary/aromatic N) is 2. The summed E-state index contributed by atoms with van der Waals surface area (Å²) >= 11 is 0. The number of hydrogen-bond donors (Lipinski definition) is 3. The van der Waals surface area contributed by atoms with Crippen molar-refractivity contribution in [3.8, 4) is 0 Å². The highest BCUT2D eigenvalue weighted by molar-refractivity contribution is 5.88. The summed E-state index contributed by atoms with van der Waals surface area (Å²) in [7, 11) is 0. The Morgan fingerprint density at radius 2 is 1.74 bits per heavy atom. The fourth-order valence-electron chi connectivity index (χ4n) is 3.60. The number of aromatic nitrogens is 2. The zero-order valence-corrected chi connectivity index (χ0v) is 17.0. The number of aliphatic carboxylic acids is 1. The fraction of sp³-hybridized carbons (Fsp3) is 0.500. The lowest BCUT2D eigenvalue weighted by Gasteiger charge is -2.35. The van der Waals surface area contributed by atoms with Crippen molar-refractivity contribution in [2.45, 2.75) is 57.3 Å². The third-order valence-electron chi connectivity index (χ3n) is 5.18. The van der Waals surface area contributed by atoms with Gasteiger partial charge in [0, 0.05) is 24.0 Å². The van der Waals surface area contributed by atoms with Gasteiger partial charge in [0.15, 0.2) is 0 Å². The topological polar surface area (TPSA) is 129 Å². The van der Waals surface area contributed by atoms with Gasteiger partial charge in [-0.3, -0.25) is 9.59 Å². The Morgan fingerprint density at radius 3 is 2.26 bits per heavy atom. The molecule has 3 rings (SSSR count). The Bertz CT molecular complexity index is 969. The molecule has 1 amide bonds. The summed E-state index contributed by atoms with van der Waals surface area (Å²) in [5, 5.41) is 15.1. The minimum Gasteiger partial charge on any atom is -0.475 e. The van der Waals surface area contributed by atoms with Gasteiger partial charge in [0.1, 0.15) is 0 Å². The number of alkyl halides is 3. The second-order valence-corrected chi connectivity index (χ2v) is 7.27. The van der Waals surface area contributed by atoms with E-state index in [0.717, 1.165) is 31.1 Å². The van der Waals surface area contributed by atoms with Crippen LogP contribution in [0.1, 0.15) is 38.3 Å². The molecule has 2 aromatic rings. The molecular formula is C20H25F3N4O4. The first kappa shape index (κ1) is 24.3. The minimum atomic E-state index is -5.08. The van der Waals surface area contributed by atoms with E-state index in [9.17, 15) is 22.8 Å². The first-order valence-corrected chi connectivity index (χ1v) is 9.86. The summed E-state index contributed by atoms with van der Waals surface area (Å²) in [5.74, 6) is -2.70. The van der Waals surface area contributed by atoms with Crippen LogP contribution in [0.15, 0.2) is 29.1 Å². The van der Waals surface area contributed by atoms with Crippen LogP contribution in [0.2, 0.25) is 0 Å². The van der Waals surface area contributed by atoms with Crippen molar-refractivity contribution in [1.29, 1.82) is 0 Å². The van der Waals surface area contributed by atoms with Crippen LogP contribution < -0.4 is 11.3 Å². The van der Waals surface area contributed by atoms with Gasteiger partial charge in [-0.25, -0.2) is 9.89 Å². The summed E-state index contributed by atoms with van der Waals surface area (Å²) in [6.45, 7) is 2.69. The van der Waals surface area contributed by atoms with E-state index in [-0.39, 0.29) is 30.0 Å². The first-order valence-electron chi connectivity index (χ1n) is 9.86. The second-order valence-electron chi connectivity index (χ2n) is 7.27. The molecule has 0 atom stereocenters. The number of carbonyl (C=O) groups is 2. The Hall–Kier alpha value is -2.95. The molecule has 31 heavy (non-hydrogen) atoms. The highest BCUT2D eigenvalue weighted by Crippen LogP contribution is 2.23. The maximum atomic E-state index is 12.8. The Kier molecular flexibility index (Phi) is 8.14. The van der Waals surface area contributed by atoms with E-state index in [1.165, 1.54) is 0 Å². The summed E-state index contributed by atoms with van der Waals surface area (Å²) in [5.41, 5.74) is 6.37. The number of carboxylic acids is 1. The molecule has 0 radical (unpaired) electrons. The third kappa shape index (κ3) is 6.51. The van der Waals surface area contributed by atoms with Crippen LogP contribution in [-0.2, 0) is 16.0 Å². The quantitative estimate of drug-likeness (QED) is 0.666. The van der Waals surface area contributed by atoms with Crippen molar-refractivity contribution in [2.24, 2.45) is 5.73 Å². The highest BCUT2D eigenvalue weighted by atomic mass is 19.4. The van der Waals surface area contributed by atoms with Gasteiger partial charge in [-0.05, 0) is 38.7 Å². The number of halogens is 3. The molecule has 1 saturated carbocycles. The molecule has 0 aliphatic heterocycles. The Labute approximate surface area is 176 Å². The number of benzene rings is 1. The smallest absolute Gasteiger partial charge is 0.475 e. The molecule has 1 aromatic heterocycles. The molecule has 0 saturated heterocycles. The monoisotopic (exact) mass is 442 g/mol. The maximum Gasteiger partial charge on any atom is 0.490 e. The number of nitrogens with two attached hydrogens (primary N) is 1. The molecule has 11 heteroatoms. The predicted octanol–water partition coefficient (Wildman–Crippen LogP) is 2.22. The van der Waals surface area contributed by atoms with Crippen LogP contribution in [0.5, 0.6) is 0 Å². The third-order valence-corrected chi connectivity index (χ3v) is 5.18. The molecule has 1 heterocycles. The van der Waals surface area contributed by atoms with Crippen LogP contribution in [0, 0.1) is 0 Å². The number of carboxylic acid groups (broad SMARTS) is 1. The summed E-state index contributed by atoms with van der Waals surface area (Å²) in [4.78, 5) is 35.5. The average Bonchev–Trinajstić information content (AvgIpc) is 2.72. The molecule has 1 aliphatic rings. The number of H-pyrrole nitrogens is 1. The van der Waals surface area contributed by atoms with Crippen LogP contribution >= 0.6 is 0 Å². The van der Waals surface area contributed by atoms with Gasteiger partial charge in [0.25, 0.3) is 5.56 Å². The van der Waals surface area contributed by atoms with Crippen molar-refractivity contribution in [1.82, 2.24) is 15.1 Å². The SMILES string of the molecule is CCN(C(=O)Cc1n[nH]c(=O)c2ccccc12)C1CCC(N)CC1.O=C(O)C(F)(F)F. The number of likely N-dealkylation sites (N-methyl/N-ethyl adjacent to an activating group) is 1. The molecule has 0 spiro atoms. The van der Waals surface area contributed by atoms with E-state index >= 15 is 0 Å². The van der Waals surface area contributed by atoms with Crippen LogP contribution in [0.25, 0.3) is 10.8 Å². The lowest BCUT2D eigenvalue weighted by atomic mass is 9.90. The molecule has 1 aromatic carbocycles. The van der Waals surface area contributed by atoms with Crippen LogP contribution in [0.4, 0.5) is 13.2 Å². The van der Waals surface area contributed by atoms with E-state index < -0.39 is 12.1 Å². The zero-order valence-electron chi connectivity index (χ0n) is 17.0. The second kappa shape index (κ2) is 10.4. The molecular weight excluding hydrogens is 417 g/mol. The normalized spacial score (nSPS) is 18.7. The molecule has 4 N–H and O–H groups in total. The number of aromatic amines is 1. The molecule has 8 nitrogen and oxygen atoms in total. The molecule has 1 aliphatic carbocycles. The highest BCUT2D eigenvalue weighted by Gasteiger charge is 2.38. The largest absolute Gasteiger partial charge is 0.490 e. The predicted molar refractivity (Wildman–Crippen MR) is 107 cm³/mol. The summed E-state index contributed by atoms with van der Waals surface area (Å²) in [6.07, 6.45) is -1.03. The summed E-state index contributed by atoms with van der Waals surface area (Å²) < 4.78 is 31.7. The number of amides is 1. The van der Waals surface area contributed by atoms with Crippen molar-refractivity contribution in [2.75, 3.05) is 6.54 Å². The van der Waals surface area contributed by atoms with E-state index in [0.29, 0.717) is 17.6 Å². The lowest BCUT2D eigenvalue weighted by Crippen LogP contribution is -2.44. The molecule has 0 bridgehead atoms. The van der Waals surface area contributed by atoms with E-state index in [4.69, 9.17) is 15.6 Å². The van der Waals surface area contributed by atoms with Crippen LogP contribution in [0.3, 0.4) is 0 Å². The van der Waals surface area contributed by atoms with Crippen molar-refractivity contribution < 1.29 is 27.9 Å². The summed E-state index contributed by atoms with van der Waals surface area (Å²) in [6, 6.07) is 7.79. The minimum absolute atomic E-state index is 0.0580. The van der Waals surface area contributed by atoms with E-state index in [1.54, 1.807) is 6.07 Å². The van der Waals surface area contributed by atoms with Gasteiger partial charge in [0.05, 0.1) is 17.5 Å². The molecule has 0 unspecified atom stereocenters.